The van der Waals surface area contributed by atoms with Crippen LogP contribution in [0, 0.1) is 0 Å². The highest BCUT2D eigenvalue weighted by Gasteiger charge is 2.08. The third-order valence-corrected chi connectivity index (χ3v) is 4.06. The highest BCUT2D eigenvalue weighted by molar-refractivity contribution is 7.13. The predicted octanol–water partition coefficient (Wildman–Crippen LogP) is 3.12. The number of nitrogens with zero attached hydrogens (tertiary/aromatic N) is 2. The Morgan fingerprint density at radius 3 is 2.68 bits per heavy atom. The maximum Gasteiger partial charge on any atom is 0.0954 e. The smallest absolute Gasteiger partial charge is 0.0954 e. The molecule has 3 nitrogen and oxygen atoms in total. The molecule has 19 heavy (non-hydrogen) atoms. The fraction of sp³-hybridized carbons (Fsp3) is 0.133. The second-order valence-electron chi connectivity index (χ2n) is 4.36. The molecule has 1 aromatic carbocycles. The maximum atomic E-state index is 5.79. The van der Waals surface area contributed by atoms with Gasteiger partial charge in [-0.2, -0.15) is 0 Å². The summed E-state index contributed by atoms with van der Waals surface area (Å²) in [5.74, 6) is 0. The van der Waals surface area contributed by atoms with E-state index in [2.05, 4.69) is 45.3 Å². The van der Waals surface area contributed by atoms with Crippen molar-refractivity contribution < 1.29 is 0 Å². The van der Waals surface area contributed by atoms with Gasteiger partial charge in [-0.3, -0.25) is 0 Å². The standard InChI is InChI=1S/C15H15N3S/c16-8-12-4-1-2-5-13(12)10-18-11-17-9-14(18)15-6-3-7-19-15/h1-7,9,11H,8,10,16H2. The Hall–Kier alpha value is -1.91. The van der Waals surface area contributed by atoms with E-state index >= 15 is 0 Å². The summed E-state index contributed by atoms with van der Waals surface area (Å²) in [7, 11) is 0. The summed E-state index contributed by atoms with van der Waals surface area (Å²) in [6.07, 6.45) is 3.79. The molecule has 0 unspecified atom stereocenters. The van der Waals surface area contributed by atoms with Crippen LogP contribution in [0.2, 0.25) is 0 Å². The molecule has 96 valence electrons. The van der Waals surface area contributed by atoms with Gasteiger partial charge in [0, 0.05) is 13.1 Å². The summed E-state index contributed by atoms with van der Waals surface area (Å²) in [5, 5.41) is 2.08. The fourth-order valence-electron chi connectivity index (χ4n) is 2.17. The quantitative estimate of drug-likeness (QED) is 0.791. The van der Waals surface area contributed by atoms with Crippen molar-refractivity contribution in [2.45, 2.75) is 13.1 Å². The van der Waals surface area contributed by atoms with Crippen molar-refractivity contribution >= 4 is 11.3 Å². The van der Waals surface area contributed by atoms with Gasteiger partial charge in [0.25, 0.3) is 0 Å². The second kappa shape index (κ2) is 5.38. The molecule has 0 atom stereocenters. The number of benzene rings is 1. The Bertz CT molecular complexity index is 656. The molecular weight excluding hydrogens is 254 g/mol. The Kier molecular flexibility index (Phi) is 3.44. The van der Waals surface area contributed by atoms with Crippen LogP contribution in [-0.2, 0) is 13.1 Å². The van der Waals surface area contributed by atoms with E-state index in [9.17, 15) is 0 Å². The first-order valence-electron chi connectivity index (χ1n) is 6.19. The van der Waals surface area contributed by atoms with Crippen LogP contribution in [0.4, 0.5) is 0 Å². The molecule has 2 heterocycles. The molecule has 0 spiro atoms. The summed E-state index contributed by atoms with van der Waals surface area (Å²) >= 11 is 1.73. The number of imidazole rings is 1. The molecule has 0 amide bonds. The zero-order valence-corrected chi connectivity index (χ0v) is 11.3. The molecule has 0 aliphatic rings. The molecule has 0 aliphatic carbocycles. The Morgan fingerprint density at radius 2 is 1.95 bits per heavy atom. The summed E-state index contributed by atoms with van der Waals surface area (Å²) in [5.41, 5.74) is 9.38. The van der Waals surface area contributed by atoms with Crippen molar-refractivity contribution in [3.8, 4) is 10.6 Å². The van der Waals surface area contributed by atoms with Gasteiger partial charge in [-0.25, -0.2) is 4.98 Å². The van der Waals surface area contributed by atoms with Crippen LogP contribution < -0.4 is 5.73 Å². The first-order valence-corrected chi connectivity index (χ1v) is 7.07. The minimum atomic E-state index is 0.569. The number of thiophene rings is 1. The molecule has 2 aromatic heterocycles. The molecule has 0 aliphatic heterocycles. The number of aromatic nitrogens is 2. The Morgan fingerprint density at radius 1 is 1.11 bits per heavy atom. The lowest BCUT2D eigenvalue weighted by Crippen LogP contribution is -2.06. The summed E-state index contributed by atoms with van der Waals surface area (Å²) in [6.45, 7) is 1.37. The normalized spacial score (nSPS) is 10.8. The van der Waals surface area contributed by atoms with E-state index in [1.165, 1.54) is 16.0 Å². The highest BCUT2D eigenvalue weighted by atomic mass is 32.1. The lowest BCUT2D eigenvalue weighted by atomic mass is 10.1. The molecule has 0 saturated heterocycles. The van der Waals surface area contributed by atoms with Gasteiger partial charge in [-0.15, -0.1) is 11.3 Å². The largest absolute Gasteiger partial charge is 0.326 e. The third-order valence-electron chi connectivity index (χ3n) is 3.16. The number of nitrogens with two attached hydrogens (primary N) is 1. The molecule has 0 radical (unpaired) electrons. The lowest BCUT2D eigenvalue weighted by Gasteiger charge is -2.10. The number of hydrogen-bond acceptors (Lipinski definition) is 3. The van der Waals surface area contributed by atoms with E-state index in [0.29, 0.717) is 6.54 Å². The average Bonchev–Trinajstić information content (AvgIpc) is 3.09. The van der Waals surface area contributed by atoms with E-state index in [1.807, 2.05) is 18.6 Å². The van der Waals surface area contributed by atoms with Crippen molar-refractivity contribution in [2.75, 3.05) is 0 Å². The van der Waals surface area contributed by atoms with E-state index in [4.69, 9.17) is 5.73 Å². The molecule has 3 aromatic rings. The van der Waals surface area contributed by atoms with Crippen LogP contribution in [0.25, 0.3) is 10.6 Å². The van der Waals surface area contributed by atoms with Crippen LogP contribution in [-0.4, -0.2) is 9.55 Å². The van der Waals surface area contributed by atoms with Gasteiger partial charge in [0.15, 0.2) is 0 Å². The molecule has 3 rings (SSSR count). The van der Waals surface area contributed by atoms with Crippen LogP contribution in [0.3, 0.4) is 0 Å². The van der Waals surface area contributed by atoms with Crippen molar-refractivity contribution in [2.24, 2.45) is 5.73 Å². The van der Waals surface area contributed by atoms with Crippen molar-refractivity contribution in [3.63, 3.8) is 0 Å². The molecular formula is C15H15N3S. The van der Waals surface area contributed by atoms with Crippen LogP contribution in [0.15, 0.2) is 54.3 Å². The first kappa shape index (κ1) is 12.1. The molecule has 0 saturated carbocycles. The third kappa shape index (κ3) is 2.45. The molecule has 0 bridgehead atoms. The van der Waals surface area contributed by atoms with Gasteiger partial charge >= 0.3 is 0 Å². The van der Waals surface area contributed by atoms with Gasteiger partial charge in [0.05, 0.1) is 23.1 Å². The highest BCUT2D eigenvalue weighted by Crippen LogP contribution is 2.25. The van der Waals surface area contributed by atoms with Crippen LogP contribution in [0.5, 0.6) is 0 Å². The van der Waals surface area contributed by atoms with E-state index in [1.54, 1.807) is 11.3 Å². The van der Waals surface area contributed by atoms with Gasteiger partial charge in [-0.05, 0) is 22.6 Å². The lowest BCUT2D eigenvalue weighted by molar-refractivity contribution is 0.793. The van der Waals surface area contributed by atoms with Gasteiger partial charge in [-0.1, -0.05) is 30.3 Å². The predicted molar refractivity (Wildman–Crippen MR) is 79.0 cm³/mol. The van der Waals surface area contributed by atoms with Crippen molar-refractivity contribution in [1.29, 1.82) is 0 Å². The van der Waals surface area contributed by atoms with Gasteiger partial charge in [0.1, 0.15) is 0 Å². The Labute approximate surface area is 116 Å². The average molecular weight is 269 g/mol. The summed E-state index contributed by atoms with van der Waals surface area (Å²) < 4.78 is 2.17. The van der Waals surface area contributed by atoms with Gasteiger partial charge in [0.2, 0.25) is 0 Å². The number of hydrogen-bond donors (Lipinski definition) is 1. The van der Waals surface area contributed by atoms with Gasteiger partial charge < -0.3 is 10.3 Å². The minimum absolute atomic E-state index is 0.569. The molecule has 0 fully saturated rings. The van der Waals surface area contributed by atoms with Crippen molar-refractivity contribution in [1.82, 2.24) is 9.55 Å². The zero-order valence-electron chi connectivity index (χ0n) is 10.5. The SMILES string of the molecule is NCc1ccccc1Cn1cncc1-c1cccs1. The molecule has 2 N–H and O–H groups in total. The van der Waals surface area contributed by atoms with E-state index < -0.39 is 0 Å². The van der Waals surface area contributed by atoms with E-state index in [-0.39, 0.29) is 0 Å². The maximum absolute atomic E-state index is 5.79. The fourth-order valence-corrected chi connectivity index (χ4v) is 2.92. The zero-order chi connectivity index (χ0) is 13.1. The van der Waals surface area contributed by atoms with Crippen LogP contribution >= 0.6 is 11.3 Å². The first-order chi connectivity index (χ1) is 9.38. The monoisotopic (exact) mass is 269 g/mol. The summed E-state index contributed by atoms with van der Waals surface area (Å²) in [6, 6.07) is 12.5. The Balaban J connectivity index is 1.94. The van der Waals surface area contributed by atoms with E-state index in [0.717, 1.165) is 12.2 Å². The van der Waals surface area contributed by atoms with Crippen molar-refractivity contribution in [3.05, 3.63) is 65.4 Å². The minimum Gasteiger partial charge on any atom is -0.326 e. The second-order valence-corrected chi connectivity index (χ2v) is 5.30. The number of rotatable bonds is 4. The summed E-state index contributed by atoms with van der Waals surface area (Å²) in [4.78, 5) is 5.51. The van der Waals surface area contributed by atoms with Crippen LogP contribution in [0.1, 0.15) is 11.1 Å². The topological polar surface area (TPSA) is 43.8 Å². The molecule has 4 heteroatoms.